The van der Waals surface area contributed by atoms with E-state index >= 15 is 0 Å². The van der Waals surface area contributed by atoms with Crippen LogP contribution in [0.1, 0.15) is 76.6 Å². The van der Waals surface area contributed by atoms with Gasteiger partial charge in [-0.1, -0.05) is 77.1 Å². The second-order valence-electron chi connectivity index (χ2n) is 9.59. The summed E-state index contributed by atoms with van der Waals surface area (Å²) in [4.78, 5) is 17.3. The molecule has 1 fully saturated rings. The summed E-state index contributed by atoms with van der Waals surface area (Å²) in [5, 5.41) is 3.09. The Bertz CT molecular complexity index is 825. The third kappa shape index (κ3) is 5.85. The Labute approximate surface area is 180 Å². The Morgan fingerprint density at radius 2 is 1.86 bits per heavy atom. The van der Waals surface area contributed by atoms with Crippen LogP contribution in [-0.4, -0.2) is 10.2 Å². The summed E-state index contributed by atoms with van der Waals surface area (Å²) in [6.45, 7) is 11.3. The maximum Gasteiger partial charge on any atom is 0.283 e. The summed E-state index contributed by atoms with van der Waals surface area (Å²) in [6.07, 6.45) is 5.51. The molecule has 3 rings (SSSR count). The van der Waals surface area contributed by atoms with Crippen molar-refractivity contribution in [1.29, 1.82) is 0 Å². The molecule has 1 N–H and O–H groups in total. The van der Waals surface area contributed by atoms with Crippen LogP contribution in [0.25, 0.3) is 0 Å². The van der Waals surface area contributed by atoms with Crippen molar-refractivity contribution >= 4 is 22.7 Å². The van der Waals surface area contributed by atoms with Gasteiger partial charge in [-0.25, -0.2) is 0 Å². The number of hydrogen-bond donors (Lipinski definition) is 1. The number of aromatic nitrogens is 1. The lowest BCUT2D eigenvalue weighted by atomic mass is 9.73. The molecule has 0 spiro atoms. The largest absolute Gasteiger partial charge is 0.315 e. The van der Waals surface area contributed by atoms with Crippen molar-refractivity contribution in [1.82, 2.24) is 4.98 Å². The molecule has 1 aromatic heterocycles. The number of benzene rings is 1. The van der Waals surface area contributed by atoms with E-state index in [9.17, 15) is 4.79 Å². The molecule has 0 bridgehead atoms. The average Bonchev–Trinajstić information content (AvgIpc) is 2.68. The molecule has 156 valence electrons. The maximum atomic E-state index is 12.6. The number of amides is 1. The molecule has 2 aromatic rings. The quantitative estimate of drug-likeness (QED) is 0.571. The van der Waals surface area contributed by atoms with Gasteiger partial charge in [0.1, 0.15) is 0 Å². The standard InChI is InChI=1S/C25H34N2OS/c1-17-8-9-18(2)21(15-17)23-22(7-6-14-26-23)27-24(28)29-16-19-10-12-20(13-11-19)25(3,4)5/h6-7,10-14,17-18,21H,8-9,15-16H2,1-5H3,(H,27,28). The van der Waals surface area contributed by atoms with Gasteiger partial charge >= 0.3 is 0 Å². The number of rotatable bonds is 4. The van der Waals surface area contributed by atoms with Crippen molar-refractivity contribution in [3.8, 4) is 0 Å². The first-order chi connectivity index (χ1) is 13.7. The molecule has 29 heavy (non-hydrogen) atoms. The number of carbonyl (C=O) groups excluding carboxylic acids is 1. The normalized spacial score (nSPS) is 22.3. The summed E-state index contributed by atoms with van der Waals surface area (Å²) < 4.78 is 0. The van der Waals surface area contributed by atoms with Crippen LogP contribution in [0.5, 0.6) is 0 Å². The van der Waals surface area contributed by atoms with E-state index in [4.69, 9.17) is 0 Å². The molecule has 3 nitrogen and oxygen atoms in total. The van der Waals surface area contributed by atoms with Crippen LogP contribution in [-0.2, 0) is 11.2 Å². The van der Waals surface area contributed by atoms with E-state index in [-0.39, 0.29) is 10.7 Å². The van der Waals surface area contributed by atoms with E-state index < -0.39 is 0 Å². The van der Waals surface area contributed by atoms with Gasteiger partial charge in [0, 0.05) is 17.9 Å². The Morgan fingerprint density at radius 3 is 2.55 bits per heavy atom. The lowest BCUT2D eigenvalue weighted by Gasteiger charge is -2.33. The van der Waals surface area contributed by atoms with Gasteiger partial charge in [-0.2, -0.15) is 0 Å². The zero-order valence-corrected chi connectivity index (χ0v) is 19.2. The van der Waals surface area contributed by atoms with Crippen LogP contribution >= 0.6 is 11.8 Å². The van der Waals surface area contributed by atoms with Crippen molar-refractivity contribution in [3.05, 3.63) is 59.4 Å². The molecule has 0 saturated heterocycles. The van der Waals surface area contributed by atoms with Gasteiger partial charge in [0.2, 0.25) is 0 Å². The van der Waals surface area contributed by atoms with Crippen LogP contribution < -0.4 is 5.32 Å². The molecule has 1 saturated carbocycles. The molecule has 0 radical (unpaired) electrons. The first kappa shape index (κ1) is 21.9. The van der Waals surface area contributed by atoms with Gasteiger partial charge in [0.15, 0.2) is 0 Å². The van der Waals surface area contributed by atoms with E-state index in [2.05, 4.69) is 69.2 Å². The average molecular weight is 411 g/mol. The predicted octanol–water partition coefficient (Wildman–Crippen LogP) is 7.38. The highest BCUT2D eigenvalue weighted by molar-refractivity contribution is 8.13. The summed E-state index contributed by atoms with van der Waals surface area (Å²) in [5.74, 6) is 2.41. The van der Waals surface area contributed by atoms with Crippen LogP contribution in [0.2, 0.25) is 0 Å². The minimum atomic E-state index is -0.0179. The molecule has 0 aliphatic heterocycles. The monoisotopic (exact) mass is 410 g/mol. The van der Waals surface area contributed by atoms with Gasteiger partial charge in [-0.05, 0) is 53.4 Å². The SMILES string of the molecule is CC1CCC(C)C(c2ncccc2NC(=O)SCc2ccc(C(C)(C)C)cc2)C1. The Balaban J connectivity index is 1.62. The third-order valence-corrected chi connectivity index (χ3v) is 6.92. The van der Waals surface area contributed by atoms with Gasteiger partial charge in [-0.15, -0.1) is 0 Å². The number of pyridine rings is 1. The number of hydrogen-bond acceptors (Lipinski definition) is 3. The lowest BCUT2D eigenvalue weighted by molar-refractivity contribution is 0.261. The number of thioether (sulfide) groups is 1. The predicted molar refractivity (Wildman–Crippen MR) is 125 cm³/mol. The van der Waals surface area contributed by atoms with Gasteiger partial charge in [-0.3, -0.25) is 9.78 Å². The zero-order chi connectivity index (χ0) is 21.0. The summed E-state index contributed by atoms with van der Waals surface area (Å²) in [5.41, 5.74) is 4.55. The highest BCUT2D eigenvalue weighted by Crippen LogP contribution is 2.41. The Kier molecular flexibility index (Phi) is 7.05. The second-order valence-corrected chi connectivity index (χ2v) is 10.5. The number of anilines is 1. The highest BCUT2D eigenvalue weighted by atomic mass is 32.2. The van der Waals surface area contributed by atoms with Crippen LogP contribution in [0.3, 0.4) is 0 Å². The summed E-state index contributed by atoms with van der Waals surface area (Å²) in [7, 11) is 0. The number of carbonyl (C=O) groups is 1. The molecule has 3 atom stereocenters. The fourth-order valence-electron chi connectivity index (χ4n) is 4.13. The van der Waals surface area contributed by atoms with Gasteiger partial charge in [0.05, 0.1) is 11.4 Å². The third-order valence-electron chi connectivity index (χ3n) is 6.07. The molecule has 1 aliphatic carbocycles. The maximum absolute atomic E-state index is 12.6. The lowest BCUT2D eigenvalue weighted by Crippen LogP contribution is -2.22. The summed E-state index contributed by atoms with van der Waals surface area (Å²) in [6, 6.07) is 12.5. The molecule has 1 amide bonds. The molecule has 1 heterocycles. The van der Waals surface area contributed by atoms with Crippen molar-refractivity contribution in [2.24, 2.45) is 11.8 Å². The fourth-order valence-corrected chi connectivity index (χ4v) is 4.80. The van der Waals surface area contributed by atoms with Gasteiger partial charge < -0.3 is 5.32 Å². The Hall–Kier alpha value is -1.81. The zero-order valence-electron chi connectivity index (χ0n) is 18.4. The van der Waals surface area contributed by atoms with Crippen LogP contribution in [0.4, 0.5) is 10.5 Å². The second kappa shape index (κ2) is 9.34. The highest BCUT2D eigenvalue weighted by Gasteiger charge is 2.29. The first-order valence-corrected chi connectivity index (χ1v) is 11.7. The molecule has 3 unspecified atom stereocenters. The summed E-state index contributed by atoms with van der Waals surface area (Å²) >= 11 is 1.32. The van der Waals surface area contributed by atoms with Crippen molar-refractivity contribution in [3.63, 3.8) is 0 Å². The minimum Gasteiger partial charge on any atom is -0.315 e. The van der Waals surface area contributed by atoms with E-state index in [0.717, 1.165) is 17.8 Å². The number of nitrogens with zero attached hydrogens (tertiary/aromatic N) is 1. The van der Waals surface area contributed by atoms with E-state index in [1.54, 1.807) is 0 Å². The van der Waals surface area contributed by atoms with Gasteiger partial charge in [0.25, 0.3) is 5.24 Å². The molecular formula is C25H34N2OS. The van der Waals surface area contributed by atoms with E-state index in [1.165, 1.54) is 35.7 Å². The topological polar surface area (TPSA) is 42.0 Å². The van der Waals surface area contributed by atoms with Crippen molar-refractivity contribution in [2.75, 3.05) is 5.32 Å². The van der Waals surface area contributed by atoms with E-state index in [1.807, 2.05) is 18.3 Å². The Morgan fingerprint density at radius 1 is 1.14 bits per heavy atom. The van der Waals surface area contributed by atoms with Crippen LogP contribution in [0.15, 0.2) is 42.6 Å². The van der Waals surface area contributed by atoms with Crippen molar-refractivity contribution < 1.29 is 4.79 Å². The van der Waals surface area contributed by atoms with Crippen molar-refractivity contribution in [2.45, 2.75) is 71.0 Å². The smallest absolute Gasteiger partial charge is 0.283 e. The molecule has 1 aromatic carbocycles. The molecular weight excluding hydrogens is 376 g/mol. The fraction of sp³-hybridized carbons (Fsp3) is 0.520. The molecule has 4 heteroatoms. The number of nitrogens with one attached hydrogen (secondary N) is 1. The minimum absolute atomic E-state index is 0.0179. The van der Waals surface area contributed by atoms with E-state index in [0.29, 0.717) is 23.5 Å². The molecule has 1 aliphatic rings. The van der Waals surface area contributed by atoms with Crippen LogP contribution in [0, 0.1) is 11.8 Å². The first-order valence-electron chi connectivity index (χ1n) is 10.7.